The van der Waals surface area contributed by atoms with Gasteiger partial charge in [-0.3, -0.25) is 4.79 Å². The van der Waals surface area contributed by atoms with E-state index in [1.54, 1.807) is 0 Å². The molecule has 0 spiro atoms. The van der Waals surface area contributed by atoms with Crippen LogP contribution >= 0.6 is 0 Å². The lowest BCUT2D eigenvalue weighted by Crippen LogP contribution is -2.37. The van der Waals surface area contributed by atoms with Crippen molar-refractivity contribution in [2.45, 2.75) is 26.2 Å². The van der Waals surface area contributed by atoms with Gasteiger partial charge >= 0.3 is 0 Å². The van der Waals surface area contributed by atoms with E-state index in [2.05, 4.69) is 30.0 Å². The van der Waals surface area contributed by atoms with Crippen molar-refractivity contribution >= 4 is 11.5 Å². The molecule has 1 heterocycles. The Balaban J connectivity index is 2.05. The van der Waals surface area contributed by atoms with Gasteiger partial charge in [-0.1, -0.05) is 19.1 Å². The maximum absolute atomic E-state index is 12.1. The third kappa shape index (κ3) is 3.60. The topological polar surface area (TPSA) is 23.6 Å². The fourth-order valence-electron chi connectivity index (χ4n) is 3.05. The van der Waals surface area contributed by atoms with Crippen molar-refractivity contribution in [2.75, 3.05) is 38.6 Å². The summed E-state index contributed by atoms with van der Waals surface area (Å²) in [6.07, 6.45) is 3.01. The average Bonchev–Trinajstić information content (AvgIpc) is 2.46. The van der Waals surface area contributed by atoms with Gasteiger partial charge in [-0.25, -0.2) is 0 Å². The van der Waals surface area contributed by atoms with Crippen molar-refractivity contribution in [3.63, 3.8) is 0 Å². The van der Waals surface area contributed by atoms with Gasteiger partial charge in [0.2, 0.25) is 0 Å². The minimum absolute atomic E-state index is 0.246. The standard InChI is InChI=1S/C17H26N2O/c1-4-17(20)15-7-5-6-8-16(15)19-11-9-14(10-12-19)13-18(2)3/h5-8,14H,4,9-13H2,1-3H3. The molecule has 0 aromatic heterocycles. The van der Waals surface area contributed by atoms with Crippen LogP contribution in [0.4, 0.5) is 5.69 Å². The Bertz CT molecular complexity index is 448. The molecule has 1 aliphatic heterocycles. The van der Waals surface area contributed by atoms with E-state index in [9.17, 15) is 4.79 Å². The molecule has 1 fully saturated rings. The van der Waals surface area contributed by atoms with Crippen LogP contribution in [-0.4, -0.2) is 44.4 Å². The number of hydrogen-bond donors (Lipinski definition) is 0. The molecule has 1 saturated heterocycles. The van der Waals surface area contributed by atoms with Crippen molar-refractivity contribution in [3.05, 3.63) is 29.8 Å². The molecule has 0 N–H and O–H groups in total. The van der Waals surface area contributed by atoms with Gasteiger partial charge in [-0.15, -0.1) is 0 Å². The Hall–Kier alpha value is -1.35. The van der Waals surface area contributed by atoms with Gasteiger partial charge in [0.05, 0.1) is 0 Å². The highest BCUT2D eigenvalue weighted by Gasteiger charge is 2.22. The summed E-state index contributed by atoms with van der Waals surface area (Å²) in [6, 6.07) is 8.06. The fraction of sp³-hybridized carbons (Fsp3) is 0.588. The molecule has 1 aliphatic rings. The smallest absolute Gasteiger partial charge is 0.164 e. The molecule has 2 rings (SSSR count). The Morgan fingerprint density at radius 3 is 2.50 bits per heavy atom. The first-order chi connectivity index (χ1) is 9.61. The van der Waals surface area contributed by atoms with Crippen LogP contribution in [0.5, 0.6) is 0 Å². The molecule has 0 saturated carbocycles. The van der Waals surface area contributed by atoms with Gasteiger partial charge in [-0.05, 0) is 45.0 Å². The van der Waals surface area contributed by atoms with Crippen LogP contribution in [0.1, 0.15) is 36.5 Å². The molecule has 0 aliphatic carbocycles. The summed E-state index contributed by atoms with van der Waals surface area (Å²) in [4.78, 5) is 16.7. The highest BCUT2D eigenvalue weighted by Crippen LogP contribution is 2.27. The summed E-state index contributed by atoms with van der Waals surface area (Å²) in [5.41, 5.74) is 2.02. The fourth-order valence-corrected chi connectivity index (χ4v) is 3.05. The lowest BCUT2D eigenvalue weighted by molar-refractivity contribution is 0.0988. The predicted molar refractivity (Wildman–Crippen MR) is 84.6 cm³/mol. The second kappa shape index (κ2) is 6.89. The quantitative estimate of drug-likeness (QED) is 0.771. The zero-order valence-electron chi connectivity index (χ0n) is 12.9. The van der Waals surface area contributed by atoms with E-state index in [1.165, 1.54) is 19.4 Å². The molecule has 1 aromatic carbocycles. The van der Waals surface area contributed by atoms with Crippen LogP contribution < -0.4 is 4.90 Å². The molecular weight excluding hydrogens is 248 g/mol. The molecular formula is C17H26N2O. The maximum atomic E-state index is 12.1. The number of benzene rings is 1. The van der Waals surface area contributed by atoms with E-state index < -0.39 is 0 Å². The number of para-hydroxylation sites is 1. The van der Waals surface area contributed by atoms with Gasteiger partial charge in [0.25, 0.3) is 0 Å². The lowest BCUT2D eigenvalue weighted by Gasteiger charge is -2.35. The number of carbonyl (C=O) groups excluding carboxylic acids is 1. The summed E-state index contributed by atoms with van der Waals surface area (Å²) < 4.78 is 0. The van der Waals surface area contributed by atoms with Crippen molar-refractivity contribution in [2.24, 2.45) is 5.92 Å². The van der Waals surface area contributed by atoms with Crippen molar-refractivity contribution in [3.8, 4) is 0 Å². The van der Waals surface area contributed by atoms with E-state index in [1.807, 2.05) is 25.1 Å². The monoisotopic (exact) mass is 274 g/mol. The van der Waals surface area contributed by atoms with Crippen LogP contribution in [-0.2, 0) is 0 Å². The second-order valence-electron chi connectivity index (χ2n) is 5.99. The maximum Gasteiger partial charge on any atom is 0.164 e. The minimum atomic E-state index is 0.246. The second-order valence-corrected chi connectivity index (χ2v) is 5.99. The van der Waals surface area contributed by atoms with Crippen LogP contribution in [0.2, 0.25) is 0 Å². The normalized spacial score (nSPS) is 16.7. The third-order valence-corrected chi connectivity index (χ3v) is 4.10. The van der Waals surface area contributed by atoms with E-state index in [0.29, 0.717) is 6.42 Å². The number of nitrogens with zero attached hydrogens (tertiary/aromatic N) is 2. The lowest BCUT2D eigenvalue weighted by atomic mass is 9.95. The molecule has 0 unspecified atom stereocenters. The first-order valence-electron chi connectivity index (χ1n) is 7.63. The summed E-state index contributed by atoms with van der Waals surface area (Å²) in [5, 5.41) is 0. The highest BCUT2D eigenvalue weighted by molar-refractivity contribution is 6.01. The SMILES string of the molecule is CCC(=O)c1ccccc1N1CCC(CN(C)C)CC1. The van der Waals surface area contributed by atoms with Crippen molar-refractivity contribution in [1.82, 2.24) is 4.90 Å². The van der Waals surface area contributed by atoms with Gasteiger partial charge in [0, 0.05) is 37.3 Å². The first kappa shape index (κ1) is 15.0. The van der Waals surface area contributed by atoms with E-state index in [0.717, 1.165) is 30.3 Å². The predicted octanol–water partition coefficient (Wildman–Crippen LogP) is 3.06. The first-order valence-corrected chi connectivity index (χ1v) is 7.63. The number of Topliss-reactive ketones (excluding diaryl/α,β-unsaturated/α-hetero) is 1. The van der Waals surface area contributed by atoms with E-state index in [-0.39, 0.29) is 5.78 Å². The number of carbonyl (C=O) groups is 1. The van der Waals surface area contributed by atoms with Gasteiger partial charge in [0.1, 0.15) is 0 Å². The van der Waals surface area contributed by atoms with Crippen LogP contribution in [0.3, 0.4) is 0 Å². The number of anilines is 1. The van der Waals surface area contributed by atoms with Crippen molar-refractivity contribution < 1.29 is 4.79 Å². The molecule has 3 heteroatoms. The molecule has 1 aromatic rings. The van der Waals surface area contributed by atoms with E-state index in [4.69, 9.17) is 0 Å². The molecule has 3 nitrogen and oxygen atoms in total. The molecule has 0 bridgehead atoms. The van der Waals surface area contributed by atoms with Gasteiger partial charge in [0.15, 0.2) is 5.78 Å². The Morgan fingerprint density at radius 2 is 1.90 bits per heavy atom. The largest absolute Gasteiger partial charge is 0.371 e. The minimum Gasteiger partial charge on any atom is -0.371 e. The summed E-state index contributed by atoms with van der Waals surface area (Å²) in [5.74, 6) is 1.03. The average molecular weight is 274 g/mol. The Labute approximate surface area is 122 Å². The summed E-state index contributed by atoms with van der Waals surface area (Å²) >= 11 is 0. The molecule has 20 heavy (non-hydrogen) atoms. The van der Waals surface area contributed by atoms with Crippen LogP contribution in [0, 0.1) is 5.92 Å². The third-order valence-electron chi connectivity index (χ3n) is 4.10. The molecule has 0 amide bonds. The zero-order valence-corrected chi connectivity index (χ0v) is 12.9. The molecule has 0 atom stereocenters. The summed E-state index contributed by atoms with van der Waals surface area (Å²) in [7, 11) is 4.28. The van der Waals surface area contributed by atoms with Crippen LogP contribution in [0.15, 0.2) is 24.3 Å². The van der Waals surface area contributed by atoms with Gasteiger partial charge < -0.3 is 9.80 Å². The zero-order chi connectivity index (χ0) is 14.5. The number of piperidine rings is 1. The van der Waals surface area contributed by atoms with Gasteiger partial charge in [-0.2, -0.15) is 0 Å². The number of ketones is 1. The Morgan fingerprint density at radius 1 is 1.25 bits per heavy atom. The van der Waals surface area contributed by atoms with Crippen molar-refractivity contribution in [1.29, 1.82) is 0 Å². The van der Waals surface area contributed by atoms with E-state index >= 15 is 0 Å². The number of rotatable bonds is 5. The molecule has 110 valence electrons. The molecule has 0 radical (unpaired) electrons. The van der Waals surface area contributed by atoms with Crippen LogP contribution in [0.25, 0.3) is 0 Å². The highest BCUT2D eigenvalue weighted by atomic mass is 16.1. The number of hydrogen-bond acceptors (Lipinski definition) is 3. The Kier molecular flexibility index (Phi) is 5.18. The summed E-state index contributed by atoms with van der Waals surface area (Å²) in [6.45, 7) is 5.23.